The van der Waals surface area contributed by atoms with Gasteiger partial charge in [0, 0.05) is 24.8 Å². The van der Waals surface area contributed by atoms with Crippen LogP contribution in [0, 0.1) is 5.82 Å². The third-order valence-corrected chi connectivity index (χ3v) is 4.00. The molecule has 2 aromatic rings. The molecule has 0 radical (unpaired) electrons. The van der Waals surface area contributed by atoms with E-state index < -0.39 is 0 Å². The third kappa shape index (κ3) is 2.42. The summed E-state index contributed by atoms with van der Waals surface area (Å²) in [5, 5.41) is 4.08. The van der Waals surface area contributed by atoms with Gasteiger partial charge in [-0.15, -0.1) is 0 Å². The topological polar surface area (TPSA) is 64.2 Å². The number of halogens is 1. The van der Waals surface area contributed by atoms with Crippen LogP contribution in [0.2, 0.25) is 0 Å². The SMILES string of the molecule is C[C@H]1[C@@H](N)CCN1C(=O)c1cnn(-c2ccccc2F)c1. The molecule has 2 atom stereocenters. The number of rotatable bonds is 2. The summed E-state index contributed by atoms with van der Waals surface area (Å²) in [6, 6.07) is 6.33. The van der Waals surface area contributed by atoms with Crippen LogP contribution in [-0.4, -0.2) is 39.2 Å². The summed E-state index contributed by atoms with van der Waals surface area (Å²) in [5.74, 6) is -0.491. The number of hydrogen-bond donors (Lipinski definition) is 1. The van der Waals surface area contributed by atoms with Gasteiger partial charge in [-0.05, 0) is 25.5 Å². The Balaban J connectivity index is 1.86. The van der Waals surface area contributed by atoms with E-state index in [1.165, 1.54) is 16.9 Å². The molecule has 1 amide bonds. The molecule has 5 nitrogen and oxygen atoms in total. The van der Waals surface area contributed by atoms with Gasteiger partial charge in [-0.1, -0.05) is 12.1 Å². The first kappa shape index (κ1) is 13.8. The zero-order valence-electron chi connectivity index (χ0n) is 11.7. The van der Waals surface area contributed by atoms with Crippen molar-refractivity contribution in [2.24, 2.45) is 5.73 Å². The van der Waals surface area contributed by atoms with Gasteiger partial charge in [0.2, 0.25) is 0 Å². The van der Waals surface area contributed by atoms with Crippen molar-refractivity contribution < 1.29 is 9.18 Å². The van der Waals surface area contributed by atoms with Gasteiger partial charge in [0.05, 0.1) is 11.8 Å². The van der Waals surface area contributed by atoms with Crippen molar-refractivity contribution in [1.82, 2.24) is 14.7 Å². The van der Waals surface area contributed by atoms with Gasteiger partial charge in [0.25, 0.3) is 5.91 Å². The first-order valence-electron chi connectivity index (χ1n) is 6.94. The van der Waals surface area contributed by atoms with E-state index in [1.54, 1.807) is 29.3 Å². The number of likely N-dealkylation sites (tertiary alicyclic amines) is 1. The summed E-state index contributed by atoms with van der Waals surface area (Å²) >= 11 is 0. The molecule has 6 heteroatoms. The number of amides is 1. The average Bonchev–Trinajstić information content (AvgIpc) is 3.08. The Bertz CT molecular complexity index is 669. The van der Waals surface area contributed by atoms with Crippen LogP contribution in [0.1, 0.15) is 23.7 Å². The summed E-state index contributed by atoms with van der Waals surface area (Å²) < 4.78 is 15.1. The molecule has 1 aliphatic heterocycles. The Morgan fingerprint density at radius 1 is 1.43 bits per heavy atom. The number of hydrogen-bond acceptors (Lipinski definition) is 3. The number of aromatic nitrogens is 2. The van der Waals surface area contributed by atoms with E-state index in [-0.39, 0.29) is 23.8 Å². The highest BCUT2D eigenvalue weighted by Gasteiger charge is 2.32. The Morgan fingerprint density at radius 2 is 2.19 bits per heavy atom. The van der Waals surface area contributed by atoms with E-state index in [4.69, 9.17) is 5.73 Å². The monoisotopic (exact) mass is 288 g/mol. The molecule has 0 aliphatic carbocycles. The summed E-state index contributed by atoms with van der Waals surface area (Å²) in [7, 11) is 0. The second-order valence-corrected chi connectivity index (χ2v) is 5.32. The minimum absolute atomic E-state index is 0.00862. The fourth-order valence-electron chi connectivity index (χ4n) is 2.62. The van der Waals surface area contributed by atoms with Crippen LogP contribution in [-0.2, 0) is 0 Å². The normalized spacial score (nSPS) is 21.8. The summed E-state index contributed by atoms with van der Waals surface area (Å²) in [4.78, 5) is 14.2. The number of carbonyl (C=O) groups is 1. The van der Waals surface area contributed by atoms with Crippen LogP contribution in [0.15, 0.2) is 36.7 Å². The van der Waals surface area contributed by atoms with Crippen LogP contribution >= 0.6 is 0 Å². The largest absolute Gasteiger partial charge is 0.334 e. The first-order chi connectivity index (χ1) is 10.1. The van der Waals surface area contributed by atoms with Crippen molar-refractivity contribution in [3.8, 4) is 5.69 Å². The number of benzene rings is 1. The minimum Gasteiger partial charge on any atom is -0.334 e. The van der Waals surface area contributed by atoms with Gasteiger partial charge in [-0.3, -0.25) is 4.79 Å². The Hall–Kier alpha value is -2.21. The quantitative estimate of drug-likeness (QED) is 0.912. The molecule has 0 saturated carbocycles. The predicted molar refractivity (Wildman–Crippen MR) is 76.6 cm³/mol. The molecular weight excluding hydrogens is 271 g/mol. The predicted octanol–water partition coefficient (Wildman–Crippen LogP) is 1.57. The average molecular weight is 288 g/mol. The van der Waals surface area contributed by atoms with E-state index in [2.05, 4.69) is 5.10 Å². The summed E-state index contributed by atoms with van der Waals surface area (Å²) in [6.07, 6.45) is 3.82. The lowest BCUT2D eigenvalue weighted by molar-refractivity contribution is 0.0742. The second kappa shape index (κ2) is 5.29. The molecule has 1 aliphatic rings. The molecule has 110 valence electrons. The molecule has 3 rings (SSSR count). The van der Waals surface area contributed by atoms with Gasteiger partial charge >= 0.3 is 0 Å². The third-order valence-electron chi connectivity index (χ3n) is 4.00. The highest BCUT2D eigenvalue weighted by Crippen LogP contribution is 2.20. The van der Waals surface area contributed by atoms with E-state index in [0.717, 1.165) is 6.42 Å². The maximum absolute atomic E-state index is 13.7. The number of carbonyl (C=O) groups excluding carboxylic acids is 1. The smallest absolute Gasteiger partial charge is 0.257 e. The highest BCUT2D eigenvalue weighted by molar-refractivity contribution is 5.94. The van der Waals surface area contributed by atoms with Gasteiger partial charge in [-0.2, -0.15) is 5.10 Å². The second-order valence-electron chi connectivity index (χ2n) is 5.32. The molecular formula is C15H17FN4O. The number of nitrogens with zero attached hydrogens (tertiary/aromatic N) is 3. The van der Waals surface area contributed by atoms with Crippen molar-refractivity contribution in [3.63, 3.8) is 0 Å². The molecule has 0 spiro atoms. The van der Waals surface area contributed by atoms with Crippen molar-refractivity contribution >= 4 is 5.91 Å². The van der Waals surface area contributed by atoms with Crippen molar-refractivity contribution in [2.75, 3.05) is 6.54 Å². The molecule has 0 bridgehead atoms. The molecule has 2 N–H and O–H groups in total. The lowest BCUT2D eigenvalue weighted by Crippen LogP contribution is -2.40. The fraction of sp³-hybridized carbons (Fsp3) is 0.333. The summed E-state index contributed by atoms with van der Waals surface area (Å²) in [5.41, 5.74) is 6.70. The molecule has 2 heterocycles. The van der Waals surface area contributed by atoms with Crippen LogP contribution < -0.4 is 5.73 Å². The Kier molecular flexibility index (Phi) is 3.47. The zero-order valence-corrected chi connectivity index (χ0v) is 11.7. The van der Waals surface area contributed by atoms with Crippen LogP contribution in [0.4, 0.5) is 4.39 Å². The first-order valence-corrected chi connectivity index (χ1v) is 6.94. The van der Waals surface area contributed by atoms with E-state index in [1.807, 2.05) is 6.92 Å². The molecule has 21 heavy (non-hydrogen) atoms. The van der Waals surface area contributed by atoms with Gasteiger partial charge in [-0.25, -0.2) is 9.07 Å². The highest BCUT2D eigenvalue weighted by atomic mass is 19.1. The van der Waals surface area contributed by atoms with Crippen LogP contribution in [0.5, 0.6) is 0 Å². The molecule has 1 fully saturated rings. The lowest BCUT2D eigenvalue weighted by Gasteiger charge is -2.22. The standard InChI is InChI=1S/C15H17FN4O/c1-10-13(17)6-7-19(10)15(21)11-8-18-20(9-11)14-5-3-2-4-12(14)16/h2-5,8-10,13H,6-7,17H2,1H3/t10-,13-/m0/s1. The van der Waals surface area contributed by atoms with Crippen LogP contribution in [0.3, 0.4) is 0 Å². The minimum atomic E-state index is -0.379. The fourth-order valence-corrected chi connectivity index (χ4v) is 2.62. The number of para-hydroxylation sites is 1. The van der Waals surface area contributed by atoms with Crippen molar-refractivity contribution in [3.05, 3.63) is 48.0 Å². The molecule has 1 aromatic heterocycles. The van der Waals surface area contributed by atoms with Crippen molar-refractivity contribution in [1.29, 1.82) is 0 Å². The van der Waals surface area contributed by atoms with Crippen LogP contribution in [0.25, 0.3) is 5.69 Å². The molecule has 1 saturated heterocycles. The maximum Gasteiger partial charge on any atom is 0.257 e. The van der Waals surface area contributed by atoms with Crippen molar-refractivity contribution in [2.45, 2.75) is 25.4 Å². The maximum atomic E-state index is 13.7. The van der Waals surface area contributed by atoms with E-state index in [9.17, 15) is 9.18 Å². The number of nitrogens with two attached hydrogens (primary N) is 1. The van der Waals surface area contributed by atoms with Gasteiger partial charge in [0.1, 0.15) is 11.5 Å². The van der Waals surface area contributed by atoms with Gasteiger partial charge in [0.15, 0.2) is 0 Å². The van der Waals surface area contributed by atoms with Gasteiger partial charge < -0.3 is 10.6 Å². The Labute approximate surface area is 122 Å². The molecule has 1 aromatic carbocycles. The molecule has 0 unspecified atom stereocenters. The van der Waals surface area contributed by atoms with E-state index in [0.29, 0.717) is 17.8 Å². The summed E-state index contributed by atoms with van der Waals surface area (Å²) in [6.45, 7) is 2.59. The van der Waals surface area contributed by atoms with E-state index >= 15 is 0 Å². The zero-order chi connectivity index (χ0) is 15.0. The lowest BCUT2D eigenvalue weighted by atomic mass is 10.1. The Morgan fingerprint density at radius 3 is 2.86 bits per heavy atom.